The van der Waals surface area contributed by atoms with Crippen molar-refractivity contribution in [2.75, 3.05) is 18.5 Å². The zero-order chi connectivity index (χ0) is 18.8. The van der Waals surface area contributed by atoms with E-state index in [4.69, 9.17) is 13.9 Å². The Morgan fingerprint density at radius 3 is 2.59 bits per heavy atom. The predicted molar refractivity (Wildman–Crippen MR) is 96.2 cm³/mol. The summed E-state index contributed by atoms with van der Waals surface area (Å²) in [6, 6.07) is 14.3. The molecular formula is C19H14N2O6. The maximum atomic E-state index is 12.4. The van der Waals surface area contributed by atoms with Gasteiger partial charge in [-0.2, -0.15) is 0 Å². The molecule has 1 N–H and O–H groups in total. The zero-order valence-electron chi connectivity index (χ0n) is 14.0. The maximum absolute atomic E-state index is 12.4. The first kappa shape index (κ1) is 16.6. The number of nitro groups is 1. The number of fused-ring (bicyclic) bond motifs is 1. The fourth-order valence-electron chi connectivity index (χ4n) is 2.76. The normalized spacial score (nSPS) is 12.4. The van der Waals surface area contributed by atoms with E-state index in [9.17, 15) is 14.9 Å². The van der Waals surface area contributed by atoms with E-state index in [1.807, 2.05) is 0 Å². The third kappa shape index (κ3) is 3.32. The second kappa shape index (κ2) is 6.83. The topological polar surface area (TPSA) is 104 Å². The van der Waals surface area contributed by atoms with Crippen LogP contribution in [0.3, 0.4) is 0 Å². The minimum atomic E-state index is -0.493. The molecule has 0 unspecified atom stereocenters. The Morgan fingerprint density at radius 1 is 1.00 bits per heavy atom. The molecule has 0 atom stereocenters. The lowest BCUT2D eigenvalue weighted by Gasteiger charge is -2.18. The largest absolute Gasteiger partial charge is 0.486 e. The van der Waals surface area contributed by atoms with Crippen LogP contribution in [0.1, 0.15) is 10.6 Å². The molecule has 0 bridgehead atoms. The van der Waals surface area contributed by atoms with Crippen LogP contribution < -0.4 is 14.8 Å². The molecule has 1 aliphatic heterocycles. The summed E-state index contributed by atoms with van der Waals surface area (Å²) in [6.07, 6.45) is 0. The average Bonchev–Trinajstić information content (AvgIpc) is 3.18. The van der Waals surface area contributed by atoms with Gasteiger partial charge in [-0.15, -0.1) is 0 Å². The lowest BCUT2D eigenvalue weighted by atomic mass is 10.1. The molecule has 1 aromatic heterocycles. The summed E-state index contributed by atoms with van der Waals surface area (Å²) in [7, 11) is 0. The molecule has 0 radical (unpaired) electrons. The third-order valence-corrected chi connectivity index (χ3v) is 4.00. The molecule has 2 aromatic carbocycles. The summed E-state index contributed by atoms with van der Waals surface area (Å²) < 4.78 is 16.5. The van der Waals surface area contributed by atoms with Crippen LogP contribution in [-0.2, 0) is 0 Å². The Morgan fingerprint density at radius 2 is 1.78 bits per heavy atom. The van der Waals surface area contributed by atoms with Crippen LogP contribution in [0.2, 0.25) is 0 Å². The molecule has 0 saturated heterocycles. The zero-order valence-corrected chi connectivity index (χ0v) is 14.0. The van der Waals surface area contributed by atoms with Crippen LogP contribution in [0.4, 0.5) is 11.4 Å². The molecule has 1 amide bonds. The van der Waals surface area contributed by atoms with Crippen molar-refractivity contribution in [3.63, 3.8) is 0 Å². The number of hydrogen-bond acceptors (Lipinski definition) is 6. The minimum Gasteiger partial charge on any atom is -0.486 e. The number of benzene rings is 2. The number of rotatable bonds is 4. The average molecular weight is 366 g/mol. The number of nitro benzene ring substituents is 1. The molecule has 0 saturated carbocycles. The van der Waals surface area contributed by atoms with Crippen LogP contribution in [-0.4, -0.2) is 24.0 Å². The van der Waals surface area contributed by atoms with Crippen LogP contribution in [0.15, 0.2) is 59.0 Å². The Kier molecular flexibility index (Phi) is 4.21. The van der Waals surface area contributed by atoms with Gasteiger partial charge in [-0.3, -0.25) is 14.9 Å². The number of nitrogens with one attached hydrogen (secondary N) is 1. The molecule has 136 valence electrons. The van der Waals surface area contributed by atoms with Gasteiger partial charge in [0.1, 0.15) is 19.0 Å². The van der Waals surface area contributed by atoms with Gasteiger partial charge in [0.2, 0.25) is 0 Å². The molecule has 27 heavy (non-hydrogen) atoms. The highest BCUT2D eigenvalue weighted by atomic mass is 16.6. The summed E-state index contributed by atoms with van der Waals surface area (Å²) >= 11 is 0. The van der Waals surface area contributed by atoms with E-state index in [0.29, 0.717) is 36.0 Å². The van der Waals surface area contributed by atoms with Gasteiger partial charge in [0.15, 0.2) is 17.3 Å². The molecule has 0 spiro atoms. The number of furan rings is 1. The van der Waals surface area contributed by atoms with Crippen molar-refractivity contribution in [1.82, 2.24) is 0 Å². The van der Waals surface area contributed by atoms with Crippen LogP contribution in [0.25, 0.3) is 11.3 Å². The Bertz CT molecular complexity index is 1030. The SMILES string of the molecule is O=C(Nc1ccc2c(c1)OCCO2)c1ccc(-c2ccccc2[N+](=O)[O-])o1. The number of carbonyl (C=O) groups is 1. The highest BCUT2D eigenvalue weighted by Crippen LogP contribution is 2.33. The number of carbonyl (C=O) groups excluding carboxylic acids is 1. The second-order valence-corrected chi connectivity index (χ2v) is 5.75. The van der Waals surface area contributed by atoms with Gasteiger partial charge in [0.25, 0.3) is 11.6 Å². The van der Waals surface area contributed by atoms with Gasteiger partial charge in [-0.05, 0) is 30.3 Å². The van der Waals surface area contributed by atoms with E-state index in [1.54, 1.807) is 36.4 Å². The fraction of sp³-hybridized carbons (Fsp3) is 0.105. The maximum Gasteiger partial charge on any atom is 0.291 e. The first-order chi connectivity index (χ1) is 13.1. The number of nitrogens with zero attached hydrogens (tertiary/aromatic N) is 1. The first-order valence-electron chi connectivity index (χ1n) is 8.16. The van der Waals surface area contributed by atoms with E-state index >= 15 is 0 Å². The minimum absolute atomic E-state index is 0.0399. The highest BCUT2D eigenvalue weighted by Gasteiger charge is 2.20. The van der Waals surface area contributed by atoms with Crippen molar-refractivity contribution in [2.24, 2.45) is 0 Å². The molecule has 2 heterocycles. The van der Waals surface area contributed by atoms with E-state index in [1.165, 1.54) is 18.2 Å². The number of ether oxygens (including phenoxy) is 2. The van der Waals surface area contributed by atoms with Crippen molar-refractivity contribution in [3.8, 4) is 22.8 Å². The summed E-state index contributed by atoms with van der Waals surface area (Å²) in [5.74, 6) is 0.985. The van der Waals surface area contributed by atoms with Gasteiger partial charge in [-0.1, -0.05) is 12.1 Å². The van der Waals surface area contributed by atoms with Gasteiger partial charge in [0.05, 0.1) is 10.5 Å². The lowest BCUT2D eigenvalue weighted by molar-refractivity contribution is -0.384. The van der Waals surface area contributed by atoms with Crippen molar-refractivity contribution >= 4 is 17.3 Å². The van der Waals surface area contributed by atoms with Crippen LogP contribution >= 0.6 is 0 Å². The lowest BCUT2D eigenvalue weighted by Crippen LogP contribution is -2.16. The van der Waals surface area contributed by atoms with E-state index < -0.39 is 10.8 Å². The fourth-order valence-corrected chi connectivity index (χ4v) is 2.76. The molecule has 1 aliphatic rings. The number of hydrogen-bond donors (Lipinski definition) is 1. The van der Waals surface area contributed by atoms with Crippen molar-refractivity contribution in [3.05, 3.63) is 70.5 Å². The monoisotopic (exact) mass is 366 g/mol. The Balaban J connectivity index is 1.55. The molecule has 3 aromatic rings. The number of amides is 1. The summed E-state index contributed by atoms with van der Waals surface area (Å²) in [4.78, 5) is 23.1. The molecule has 8 heteroatoms. The summed E-state index contributed by atoms with van der Waals surface area (Å²) in [6.45, 7) is 0.932. The van der Waals surface area contributed by atoms with Gasteiger partial charge < -0.3 is 19.2 Å². The molecular weight excluding hydrogens is 352 g/mol. The standard InChI is InChI=1S/C19H14N2O6/c22-19(20-12-5-6-16-18(11-12)26-10-9-25-16)17-8-7-15(27-17)13-3-1-2-4-14(13)21(23)24/h1-8,11H,9-10H2,(H,20,22). The van der Waals surface area contributed by atoms with Crippen LogP contribution in [0, 0.1) is 10.1 Å². The van der Waals surface area contributed by atoms with E-state index in [0.717, 1.165) is 0 Å². The quantitative estimate of drug-likeness (QED) is 0.555. The third-order valence-electron chi connectivity index (χ3n) is 4.00. The smallest absolute Gasteiger partial charge is 0.291 e. The second-order valence-electron chi connectivity index (χ2n) is 5.75. The van der Waals surface area contributed by atoms with Gasteiger partial charge in [-0.25, -0.2) is 0 Å². The summed E-state index contributed by atoms with van der Waals surface area (Å²) in [5.41, 5.74) is 0.736. The van der Waals surface area contributed by atoms with Gasteiger partial charge in [0, 0.05) is 17.8 Å². The molecule has 8 nitrogen and oxygen atoms in total. The van der Waals surface area contributed by atoms with Crippen molar-refractivity contribution in [1.29, 1.82) is 0 Å². The van der Waals surface area contributed by atoms with E-state index in [-0.39, 0.29) is 17.2 Å². The van der Waals surface area contributed by atoms with Crippen molar-refractivity contribution in [2.45, 2.75) is 0 Å². The predicted octanol–water partition coefficient (Wildman–Crippen LogP) is 3.88. The molecule has 0 aliphatic carbocycles. The van der Waals surface area contributed by atoms with Crippen molar-refractivity contribution < 1.29 is 23.6 Å². The summed E-state index contributed by atoms with van der Waals surface area (Å²) in [5, 5.41) is 13.9. The Hall–Kier alpha value is -3.81. The number of para-hydroxylation sites is 1. The highest BCUT2D eigenvalue weighted by molar-refractivity contribution is 6.02. The van der Waals surface area contributed by atoms with Crippen LogP contribution in [0.5, 0.6) is 11.5 Å². The molecule has 4 rings (SSSR count). The molecule has 0 fully saturated rings. The van der Waals surface area contributed by atoms with Gasteiger partial charge >= 0.3 is 0 Å². The van der Waals surface area contributed by atoms with E-state index in [2.05, 4.69) is 5.32 Å². The number of anilines is 1. The Labute approximate surface area is 153 Å². The first-order valence-corrected chi connectivity index (χ1v) is 8.16.